The van der Waals surface area contributed by atoms with Gasteiger partial charge in [0.15, 0.2) is 0 Å². The molecular weight excluding hydrogens is 240 g/mol. The number of hydrogen-bond acceptors (Lipinski definition) is 4. The first kappa shape index (κ1) is 11.8. The third-order valence-electron chi connectivity index (χ3n) is 2.61. The molecule has 2 rings (SSSR count). The van der Waals surface area contributed by atoms with E-state index in [9.17, 15) is 19.2 Å². The Morgan fingerprint density at radius 2 is 1.72 bits per heavy atom. The van der Waals surface area contributed by atoms with E-state index in [0.29, 0.717) is 0 Å². The van der Waals surface area contributed by atoms with Crippen LogP contribution in [0.2, 0.25) is 0 Å². The Morgan fingerprint density at radius 3 is 2.39 bits per heavy atom. The zero-order valence-corrected chi connectivity index (χ0v) is 9.71. The van der Waals surface area contributed by atoms with Crippen LogP contribution in [0, 0.1) is 0 Å². The third kappa shape index (κ3) is 1.63. The first-order valence-electron chi connectivity index (χ1n) is 5.01. The van der Waals surface area contributed by atoms with Crippen molar-refractivity contribution in [1.82, 2.24) is 18.7 Å². The Balaban J connectivity index is 2.88. The maximum Gasteiger partial charge on any atom is 0.335 e. The zero-order valence-electron chi connectivity index (χ0n) is 9.71. The summed E-state index contributed by atoms with van der Waals surface area (Å²) in [4.78, 5) is 48.4. The maximum absolute atomic E-state index is 11.8. The highest BCUT2D eigenvalue weighted by molar-refractivity contribution is 5.24. The summed E-state index contributed by atoms with van der Waals surface area (Å²) >= 11 is 0. The SMILES string of the molecule is Cn1c(=O)[nH]cc(-n2ccc(=O)n(C)c2=O)c1=O. The molecule has 1 N–H and O–H groups in total. The summed E-state index contributed by atoms with van der Waals surface area (Å²) < 4.78 is 2.71. The van der Waals surface area contributed by atoms with E-state index < -0.39 is 22.5 Å². The van der Waals surface area contributed by atoms with E-state index in [1.54, 1.807) is 0 Å². The summed E-state index contributed by atoms with van der Waals surface area (Å²) in [6.07, 6.45) is 2.33. The van der Waals surface area contributed by atoms with Crippen molar-refractivity contribution < 1.29 is 0 Å². The molecule has 0 unspecified atom stereocenters. The molecule has 0 aliphatic carbocycles. The van der Waals surface area contributed by atoms with Crippen LogP contribution in [-0.4, -0.2) is 18.7 Å². The number of aromatic amines is 1. The topological polar surface area (TPSA) is 98.9 Å². The Bertz CT molecular complexity index is 765. The molecule has 8 nitrogen and oxygen atoms in total. The molecule has 0 aromatic carbocycles. The van der Waals surface area contributed by atoms with Crippen molar-refractivity contribution in [3.8, 4) is 5.69 Å². The summed E-state index contributed by atoms with van der Waals surface area (Å²) in [5.74, 6) is 0. The van der Waals surface area contributed by atoms with E-state index in [2.05, 4.69) is 4.98 Å². The quantitative estimate of drug-likeness (QED) is 0.628. The number of aromatic nitrogens is 4. The minimum atomic E-state index is -0.661. The molecule has 94 valence electrons. The molecule has 0 spiro atoms. The molecule has 2 heterocycles. The first-order chi connectivity index (χ1) is 8.43. The molecule has 18 heavy (non-hydrogen) atoms. The summed E-state index contributed by atoms with van der Waals surface area (Å²) in [6.45, 7) is 0. The first-order valence-corrected chi connectivity index (χ1v) is 5.01. The predicted molar refractivity (Wildman–Crippen MR) is 63.1 cm³/mol. The normalized spacial score (nSPS) is 10.6. The van der Waals surface area contributed by atoms with Crippen LogP contribution in [0.5, 0.6) is 0 Å². The summed E-state index contributed by atoms with van der Waals surface area (Å²) in [5.41, 5.74) is -2.37. The van der Waals surface area contributed by atoms with Gasteiger partial charge < -0.3 is 4.98 Å². The standard InChI is InChI=1S/C10H10N4O4/c1-12-7(15)3-4-14(10(12)18)6-5-11-9(17)13(2)8(6)16/h3-5H,1-2H3,(H,11,17). The van der Waals surface area contributed by atoms with Gasteiger partial charge in [-0.05, 0) is 0 Å². The number of H-pyrrole nitrogens is 1. The summed E-state index contributed by atoms with van der Waals surface area (Å²) in [7, 11) is 2.59. The average Bonchev–Trinajstić information content (AvgIpc) is 2.35. The molecule has 0 aliphatic rings. The monoisotopic (exact) mass is 250 g/mol. The zero-order chi connectivity index (χ0) is 13.4. The van der Waals surface area contributed by atoms with Crippen molar-refractivity contribution in [2.75, 3.05) is 0 Å². The second-order valence-corrected chi connectivity index (χ2v) is 3.71. The minimum absolute atomic E-state index is 0.0299. The molecule has 8 heteroatoms. The van der Waals surface area contributed by atoms with Crippen molar-refractivity contribution in [2.45, 2.75) is 0 Å². The Labute approximate surface area is 99.4 Å². The lowest BCUT2D eigenvalue weighted by Crippen LogP contribution is -2.41. The molecule has 2 aromatic rings. The van der Waals surface area contributed by atoms with Gasteiger partial charge in [0.05, 0.1) is 0 Å². The highest BCUT2D eigenvalue weighted by atomic mass is 16.2. The molecule has 0 aliphatic heterocycles. The van der Waals surface area contributed by atoms with Crippen LogP contribution in [0.4, 0.5) is 0 Å². The molecular formula is C10H10N4O4. The molecule has 0 radical (unpaired) electrons. The highest BCUT2D eigenvalue weighted by Crippen LogP contribution is 1.91. The van der Waals surface area contributed by atoms with Crippen LogP contribution in [0.15, 0.2) is 37.6 Å². The van der Waals surface area contributed by atoms with Gasteiger partial charge in [0.1, 0.15) is 5.69 Å². The molecule has 2 aromatic heterocycles. The van der Waals surface area contributed by atoms with Crippen LogP contribution in [0.3, 0.4) is 0 Å². The van der Waals surface area contributed by atoms with Crippen molar-refractivity contribution in [3.63, 3.8) is 0 Å². The van der Waals surface area contributed by atoms with E-state index in [-0.39, 0.29) is 5.69 Å². The van der Waals surface area contributed by atoms with Crippen LogP contribution < -0.4 is 22.5 Å². The number of nitrogens with one attached hydrogen (secondary N) is 1. The Morgan fingerprint density at radius 1 is 1.06 bits per heavy atom. The second kappa shape index (κ2) is 3.99. The fraction of sp³-hybridized carbons (Fsp3) is 0.200. The average molecular weight is 250 g/mol. The highest BCUT2D eigenvalue weighted by Gasteiger charge is 2.09. The molecule has 0 fully saturated rings. The van der Waals surface area contributed by atoms with Crippen LogP contribution in [0.25, 0.3) is 5.69 Å². The molecule has 0 atom stereocenters. The van der Waals surface area contributed by atoms with Gasteiger partial charge in [0.25, 0.3) is 11.1 Å². The summed E-state index contributed by atoms with van der Waals surface area (Å²) in [5, 5.41) is 0. The number of nitrogens with zero attached hydrogens (tertiary/aromatic N) is 3. The fourth-order valence-electron chi connectivity index (χ4n) is 1.48. The molecule has 0 saturated heterocycles. The van der Waals surface area contributed by atoms with Gasteiger partial charge in [-0.25, -0.2) is 9.59 Å². The lowest BCUT2D eigenvalue weighted by Gasteiger charge is -2.06. The number of rotatable bonds is 1. The molecule has 0 amide bonds. The van der Waals surface area contributed by atoms with Crippen molar-refractivity contribution in [2.24, 2.45) is 14.1 Å². The van der Waals surface area contributed by atoms with E-state index >= 15 is 0 Å². The van der Waals surface area contributed by atoms with E-state index in [1.807, 2.05) is 0 Å². The van der Waals surface area contributed by atoms with Gasteiger partial charge in [-0.15, -0.1) is 0 Å². The lowest BCUT2D eigenvalue weighted by atomic mass is 10.4. The van der Waals surface area contributed by atoms with Crippen molar-refractivity contribution in [1.29, 1.82) is 0 Å². The summed E-state index contributed by atoms with van der Waals surface area (Å²) in [6, 6.07) is 1.16. The van der Waals surface area contributed by atoms with Gasteiger partial charge in [0.2, 0.25) is 0 Å². The van der Waals surface area contributed by atoms with Crippen molar-refractivity contribution >= 4 is 0 Å². The van der Waals surface area contributed by atoms with Gasteiger partial charge in [-0.3, -0.25) is 23.3 Å². The van der Waals surface area contributed by atoms with E-state index in [1.165, 1.54) is 20.3 Å². The Hall–Kier alpha value is -2.64. The van der Waals surface area contributed by atoms with E-state index in [4.69, 9.17) is 0 Å². The van der Waals surface area contributed by atoms with Gasteiger partial charge >= 0.3 is 11.4 Å². The smallest absolute Gasteiger partial charge is 0.312 e. The van der Waals surface area contributed by atoms with E-state index in [0.717, 1.165) is 26.0 Å². The van der Waals surface area contributed by atoms with Gasteiger partial charge in [-0.1, -0.05) is 0 Å². The van der Waals surface area contributed by atoms with Gasteiger partial charge in [-0.2, -0.15) is 0 Å². The van der Waals surface area contributed by atoms with Gasteiger partial charge in [0, 0.05) is 32.6 Å². The lowest BCUT2D eigenvalue weighted by molar-refractivity contribution is 0.702. The third-order valence-corrected chi connectivity index (χ3v) is 2.61. The second-order valence-electron chi connectivity index (χ2n) is 3.71. The Kier molecular flexibility index (Phi) is 2.62. The van der Waals surface area contributed by atoms with Crippen LogP contribution >= 0.6 is 0 Å². The van der Waals surface area contributed by atoms with Crippen LogP contribution in [0.1, 0.15) is 0 Å². The maximum atomic E-state index is 11.8. The number of hydrogen-bond donors (Lipinski definition) is 1. The van der Waals surface area contributed by atoms with Crippen LogP contribution in [-0.2, 0) is 14.1 Å². The fourth-order valence-corrected chi connectivity index (χ4v) is 1.48. The predicted octanol–water partition coefficient (Wildman–Crippen LogP) is -2.08. The molecule has 0 saturated carbocycles. The van der Waals surface area contributed by atoms with Crippen molar-refractivity contribution in [3.05, 3.63) is 60.1 Å². The molecule has 0 bridgehead atoms. The largest absolute Gasteiger partial charge is 0.335 e. The minimum Gasteiger partial charge on any atom is -0.312 e.